The van der Waals surface area contributed by atoms with E-state index in [-0.39, 0.29) is 0 Å². The van der Waals surface area contributed by atoms with E-state index in [1.807, 2.05) is 13.1 Å². The van der Waals surface area contributed by atoms with Crippen molar-refractivity contribution in [3.05, 3.63) is 35.9 Å². The van der Waals surface area contributed by atoms with E-state index in [1.165, 1.54) is 5.56 Å². The highest BCUT2D eigenvalue weighted by Crippen LogP contribution is 2.09. The highest BCUT2D eigenvalue weighted by Gasteiger charge is 2.02. The maximum atomic E-state index is 4.54. The van der Waals surface area contributed by atoms with Crippen molar-refractivity contribution in [3.63, 3.8) is 0 Å². The van der Waals surface area contributed by atoms with Crippen molar-refractivity contribution in [2.45, 2.75) is 18.1 Å². The number of rotatable bonds is 5. The minimum Gasteiger partial charge on any atom is -0.320 e. The second kappa shape index (κ2) is 6.06. The molecule has 13 heavy (non-hydrogen) atoms. The SMILES string of the molecule is CNCCC(S)Cc1ccccc1. The molecule has 0 fully saturated rings. The summed E-state index contributed by atoms with van der Waals surface area (Å²) in [6, 6.07) is 10.5. The lowest BCUT2D eigenvalue weighted by Crippen LogP contribution is -2.14. The molecule has 0 saturated heterocycles. The maximum absolute atomic E-state index is 4.54. The number of thiol groups is 1. The molecule has 0 aromatic heterocycles. The van der Waals surface area contributed by atoms with Gasteiger partial charge in [0, 0.05) is 5.25 Å². The van der Waals surface area contributed by atoms with Gasteiger partial charge in [0.2, 0.25) is 0 Å². The van der Waals surface area contributed by atoms with Gasteiger partial charge in [-0.3, -0.25) is 0 Å². The molecular formula is C11H17NS. The van der Waals surface area contributed by atoms with E-state index in [0.717, 1.165) is 19.4 Å². The largest absolute Gasteiger partial charge is 0.320 e. The van der Waals surface area contributed by atoms with Crippen molar-refractivity contribution >= 4 is 12.6 Å². The first-order chi connectivity index (χ1) is 6.33. The van der Waals surface area contributed by atoms with Gasteiger partial charge in [0.05, 0.1) is 0 Å². The third kappa shape index (κ3) is 4.34. The topological polar surface area (TPSA) is 12.0 Å². The second-order valence-electron chi connectivity index (χ2n) is 3.24. The molecule has 0 amide bonds. The molecule has 1 aromatic carbocycles. The highest BCUT2D eigenvalue weighted by molar-refractivity contribution is 7.80. The number of hydrogen-bond acceptors (Lipinski definition) is 2. The summed E-state index contributed by atoms with van der Waals surface area (Å²) in [5, 5.41) is 3.60. The average molecular weight is 195 g/mol. The standard InChI is InChI=1S/C11H17NS/c1-12-8-7-11(13)9-10-5-3-2-4-6-10/h2-6,11-13H,7-9H2,1H3. The molecule has 0 aliphatic rings. The fourth-order valence-corrected chi connectivity index (χ4v) is 1.64. The van der Waals surface area contributed by atoms with Gasteiger partial charge in [0.15, 0.2) is 0 Å². The van der Waals surface area contributed by atoms with Crippen molar-refractivity contribution < 1.29 is 0 Å². The number of nitrogens with one attached hydrogen (secondary N) is 1. The van der Waals surface area contributed by atoms with Crippen molar-refractivity contribution in [3.8, 4) is 0 Å². The molecule has 0 bridgehead atoms. The molecule has 0 aliphatic heterocycles. The number of benzene rings is 1. The zero-order chi connectivity index (χ0) is 9.52. The van der Waals surface area contributed by atoms with Gasteiger partial charge in [-0.1, -0.05) is 30.3 Å². The van der Waals surface area contributed by atoms with E-state index in [9.17, 15) is 0 Å². The summed E-state index contributed by atoms with van der Waals surface area (Å²) in [6.45, 7) is 1.04. The fraction of sp³-hybridized carbons (Fsp3) is 0.455. The minimum atomic E-state index is 0.467. The third-order valence-corrected chi connectivity index (χ3v) is 2.48. The summed E-state index contributed by atoms with van der Waals surface area (Å²) in [5.74, 6) is 0. The molecule has 1 unspecified atom stereocenters. The Kier molecular flexibility index (Phi) is 4.94. The highest BCUT2D eigenvalue weighted by atomic mass is 32.1. The van der Waals surface area contributed by atoms with Gasteiger partial charge in [0.25, 0.3) is 0 Å². The predicted molar refractivity (Wildman–Crippen MR) is 61.5 cm³/mol. The van der Waals surface area contributed by atoms with Crippen LogP contribution in [-0.4, -0.2) is 18.8 Å². The zero-order valence-corrected chi connectivity index (χ0v) is 8.93. The van der Waals surface area contributed by atoms with Crippen LogP contribution in [0.5, 0.6) is 0 Å². The van der Waals surface area contributed by atoms with Crippen LogP contribution in [0.2, 0.25) is 0 Å². The summed E-state index contributed by atoms with van der Waals surface area (Å²) < 4.78 is 0. The molecule has 0 heterocycles. The summed E-state index contributed by atoms with van der Waals surface area (Å²) in [7, 11) is 1.98. The van der Waals surface area contributed by atoms with E-state index >= 15 is 0 Å². The van der Waals surface area contributed by atoms with Crippen LogP contribution in [0.1, 0.15) is 12.0 Å². The van der Waals surface area contributed by atoms with Gasteiger partial charge in [0.1, 0.15) is 0 Å². The average Bonchev–Trinajstić information content (AvgIpc) is 2.16. The van der Waals surface area contributed by atoms with Gasteiger partial charge in [-0.15, -0.1) is 0 Å². The van der Waals surface area contributed by atoms with Gasteiger partial charge in [-0.05, 0) is 32.0 Å². The van der Waals surface area contributed by atoms with E-state index in [0.29, 0.717) is 5.25 Å². The lowest BCUT2D eigenvalue weighted by atomic mass is 10.1. The first-order valence-corrected chi connectivity index (χ1v) is 5.21. The van der Waals surface area contributed by atoms with Gasteiger partial charge in [-0.25, -0.2) is 0 Å². The van der Waals surface area contributed by atoms with Crippen LogP contribution in [0.15, 0.2) is 30.3 Å². The Balaban J connectivity index is 2.32. The molecule has 1 aromatic rings. The fourth-order valence-electron chi connectivity index (χ4n) is 1.30. The van der Waals surface area contributed by atoms with Crippen molar-refractivity contribution in [2.75, 3.05) is 13.6 Å². The second-order valence-corrected chi connectivity index (χ2v) is 3.97. The third-order valence-electron chi connectivity index (χ3n) is 2.04. The molecular weight excluding hydrogens is 178 g/mol. The monoisotopic (exact) mass is 195 g/mol. The Bertz CT molecular complexity index is 223. The summed E-state index contributed by atoms with van der Waals surface area (Å²) >= 11 is 4.54. The van der Waals surface area contributed by atoms with Crippen molar-refractivity contribution in [2.24, 2.45) is 0 Å². The van der Waals surface area contributed by atoms with E-state index in [4.69, 9.17) is 0 Å². The van der Waals surface area contributed by atoms with Crippen molar-refractivity contribution in [1.29, 1.82) is 0 Å². The molecule has 72 valence electrons. The molecule has 0 aliphatic carbocycles. The number of hydrogen-bond donors (Lipinski definition) is 2. The molecule has 0 saturated carbocycles. The van der Waals surface area contributed by atoms with Gasteiger partial charge >= 0.3 is 0 Å². The summed E-state index contributed by atoms with van der Waals surface area (Å²) in [5.41, 5.74) is 1.37. The van der Waals surface area contributed by atoms with E-state index < -0.39 is 0 Å². The smallest absolute Gasteiger partial charge is 0.00692 e. The molecule has 0 radical (unpaired) electrons. The summed E-state index contributed by atoms with van der Waals surface area (Å²) in [4.78, 5) is 0. The van der Waals surface area contributed by atoms with Crippen molar-refractivity contribution in [1.82, 2.24) is 5.32 Å². The van der Waals surface area contributed by atoms with Crippen LogP contribution in [0.4, 0.5) is 0 Å². The minimum absolute atomic E-state index is 0.467. The summed E-state index contributed by atoms with van der Waals surface area (Å²) in [6.07, 6.45) is 2.18. The first kappa shape index (κ1) is 10.6. The lowest BCUT2D eigenvalue weighted by Gasteiger charge is -2.09. The first-order valence-electron chi connectivity index (χ1n) is 4.69. The normalized spacial score (nSPS) is 12.8. The quantitative estimate of drug-likeness (QED) is 0.686. The molecule has 1 atom stereocenters. The van der Waals surface area contributed by atoms with Gasteiger partial charge in [-0.2, -0.15) is 12.6 Å². The molecule has 1 N–H and O–H groups in total. The van der Waals surface area contributed by atoms with Crippen LogP contribution in [-0.2, 0) is 6.42 Å². The Morgan fingerprint density at radius 3 is 2.62 bits per heavy atom. The molecule has 0 spiro atoms. The molecule has 1 nitrogen and oxygen atoms in total. The van der Waals surface area contributed by atoms with E-state index in [2.05, 4.69) is 42.2 Å². The Morgan fingerprint density at radius 1 is 1.31 bits per heavy atom. The van der Waals surface area contributed by atoms with Crippen LogP contribution in [0.3, 0.4) is 0 Å². The Morgan fingerprint density at radius 2 is 2.00 bits per heavy atom. The molecule has 2 heteroatoms. The Labute approximate surface area is 86.0 Å². The zero-order valence-electron chi connectivity index (χ0n) is 8.03. The maximum Gasteiger partial charge on any atom is 0.00692 e. The van der Waals surface area contributed by atoms with Crippen LogP contribution >= 0.6 is 12.6 Å². The van der Waals surface area contributed by atoms with Gasteiger partial charge < -0.3 is 5.32 Å². The van der Waals surface area contributed by atoms with Crippen LogP contribution < -0.4 is 5.32 Å². The van der Waals surface area contributed by atoms with Crippen LogP contribution in [0.25, 0.3) is 0 Å². The molecule has 1 rings (SSSR count). The lowest BCUT2D eigenvalue weighted by molar-refractivity contribution is 0.693. The Hall–Kier alpha value is -0.470. The predicted octanol–water partition coefficient (Wildman–Crippen LogP) is 2.14. The van der Waals surface area contributed by atoms with Crippen LogP contribution in [0, 0.1) is 0 Å². The van der Waals surface area contributed by atoms with E-state index in [1.54, 1.807) is 0 Å².